The summed E-state index contributed by atoms with van der Waals surface area (Å²) in [7, 11) is 0. The van der Waals surface area contributed by atoms with Gasteiger partial charge in [-0.05, 0) is 35.7 Å². The van der Waals surface area contributed by atoms with Crippen molar-refractivity contribution < 1.29 is 9.13 Å². The first kappa shape index (κ1) is 23.4. The molecule has 0 aliphatic carbocycles. The molecule has 2 nitrogen and oxygen atoms in total. The minimum atomic E-state index is 1.14. The summed E-state index contributed by atoms with van der Waals surface area (Å²) in [6, 6.07) is 21.7. The third-order valence-corrected chi connectivity index (χ3v) is 6.83. The lowest BCUT2D eigenvalue weighted by Gasteiger charge is -2.03. The number of benzene rings is 2. The van der Waals surface area contributed by atoms with Crippen molar-refractivity contribution in [3.8, 4) is 0 Å². The highest BCUT2D eigenvalue weighted by Gasteiger charge is 2.04. The molecule has 2 heterocycles. The molecule has 33 heavy (non-hydrogen) atoms. The molecule has 0 radical (unpaired) electrons. The van der Waals surface area contributed by atoms with Crippen LogP contribution < -0.4 is 9.13 Å². The van der Waals surface area contributed by atoms with Crippen molar-refractivity contribution in [3.63, 3.8) is 0 Å². The van der Waals surface area contributed by atoms with E-state index in [-0.39, 0.29) is 0 Å². The number of fused-ring (bicyclic) bond motifs is 2. The van der Waals surface area contributed by atoms with Gasteiger partial charge in [0.1, 0.15) is 13.1 Å². The second-order valence-corrected chi connectivity index (χ2v) is 9.51. The van der Waals surface area contributed by atoms with Gasteiger partial charge in [-0.15, -0.1) is 0 Å². The Hall–Kier alpha value is -2.74. The van der Waals surface area contributed by atoms with Crippen molar-refractivity contribution >= 4 is 21.5 Å². The van der Waals surface area contributed by atoms with Crippen molar-refractivity contribution in [3.05, 3.63) is 85.5 Å². The molecule has 0 saturated carbocycles. The van der Waals surface area contributed by atoms with Gasteiger partial charge < -0.3 is 0 Å². The van der Waals surface area contributed by atoms with Gasteiger partial charge in [0.05, 0.1) is 0 Å². The number of pyridine rings is 2. The first-order valence-corrected chi connectivity index (χ1v) is 13.1. The maximum atomic E-state index is 2.35. The van der Waals surface area contributed by atoms with E-state index in [2.05, 4.69) is 94.6 Å². The Bertz CT molecular complexity index is 1030. The number of rotatable bonds is 14. The van der Waals surface area contributed by atoms with Gasteiger partial charge in [0, 0.05) is 35.7 Å². The maximum Gasteiger partial charge on any atom is 0.176 e. The smallest absolute Gasteiger partial charge is 0.176 e. The van der Waals surface area contributed by atoms with E-state index in [1.54, 1.807) is 0 Å². The maximum absolute atomic E-state index is 2.35. The molecule has 0 atom stereocenters. The molecule has 0 unspecified atom stereocenters. The van der Waals surface area contributed by atoms with E-state index in [4.69, 9.17) is 0 Å². The van der Waals surface area contributed by atoms with E-state index in [9.17, 15) is 0 Å². The van der Waals surface area contributed by atoms with Crippen LogP contribution in [0.1, 0.15) is 70.6 Å². The molecule has 4 rings (SSSR count). The lowest BCUT2D eigenvalue weighted by Crippen LogP contribution is -2.32. The Morgan fingerprint density at radius 3 is 1.09 bits per heavy atom. The summed E-state index contributed by atoms with van der Waals surface area (Å²) in [5, 5.41) is 5.34. The van der Waals surface area contributed by atoms with E-state index in [0.29, 0.717) is 0 Å². The number of hydrogen-bond acceptors (Lipinski definition) is 0. The highest BCUT2D eigenvalue weighted by Crippen LogP contribution is 2.13. The Morgan fingerprint density at radius 2 is 0.697 bits per heavy atom. The Morgan fingerprint density at radius 1 is 0.364 bits per heavy atom. The molecule has 0 spiro atoms. The van der Waals surface area contributed by atoms with Gasteiger partial charge in [-0.1, -0.05) is 81.3 Å². The van der Waals surface area contributed by atoms with Gasteiger partial charge in [-0.3, -0.25) is 0 Å². The summed E-state index contributed by atoms with van der Waals surface area (Å²) in [5.74, 6) is 0. The second-order valence-electron chi connectivity index (χ2n) is 9.51. The minimum absolute atomic E-state index is 1.14. The van der Waals surface area contributed by atoms with Crippen molar-refractivity contribution in [2.75, 3.05) is 0 Å². The molecule has 0 amide bonds. The molecule has 0 aliphatic rings. The van der Waals surface area contributed by atoms with Crippen molar-refractivity contribution in [1.29, 1.82) is 0 Å². The second kappa shape index (κ2) is 13.1. The van der Waals surface area contributed by atoms with E-state index in [0.717, 1.165) is 13.1 Å². The minimum Gasteiger partial charge on any atom is -0.205 e. The molecular weight excluding hydrogens is 400 g/mol. The first-order chi connectivity index (χ1) is 16.4. The Kier molecular flexibility index (Phi) is 9.29. The zero-order valence-corrected chi connectivity index (χ0v) is 20.2. The molecule has 2 heteroatoms. The van der Waals surface area contributed by atoms with E-state index in [1.165, 1.54) is 92.2 Å². The lowest BCUT2D eigenvalue weighted by molar-refractivity contribution is -0.696. The van der Waals surface area contributed by atoms with Crippen LogP contribution in [-0.2, 0) is 13.1 Å². The van der Waals surface area contributed by atoms with Crippen LogP contribution in [0.4, 0.5) is 0 Å². The van der Waals surface area contributed by atoms with Gasteiger partial charge in [0.2, 0.25) is 0 Å². The van der Waals surface area contributed by atoms with Crippen LogP contribution in [0, 0.1) is 0 Å². The molecular formula is C31H40N2+2. The van der Waals surface area contributed by atoms with Crippen LogP contribution in [0.3, 0.4) is 0 Å². The fraction of sp³-hybridized carbons (Fsp3) is 0.419. The summed E-state index contributed by atoms with van der Waals surface area (Å²) in [6.45, 7) is 2.28. The quantitative estimate of drug-likeness (QED) is 0.141. The highest BCUT2D eigenvalue weighted by atomic mass is 14.9. The highest BCUT2D eigenvalue weighted by molar-refractivity contribution is 5.80. The zero-order valence-electron chi connectivity index (χ0n) is 20.2. The first-order valence-electron chi connectivity index (χ1n) is 13.1. The average molecular weight is 441 g/mol. The fourth-order valence-electron chi connectivity index (χ4n) is 4.81. The van der Waals surface area contributed by atoms with Gasteiger partial charge in [-0.25, -0.2) is 9.13 Å². The van der Waals surface area contributed by atoms with Crippen molar-refractivity contribution in [1.82, 2.24) is 0 Å². The van der Waals surface area contributed by atoms with Crippen LogP contribution in [-0.4, -0.2) is 0 Å². The van der Waals surface area contributed by atoms with Crippen LogP contribution in [0.2, 0.25) is 0 Å². The molecule has 4 aromatic rings. The number of aromatic nitrogens is 2. The largest absolute Gasteiger partial charge is 0.205 e. The van der Waals surface area contributed by atoms with Crippen LogP contribution in [0.5, 0.6) is 0 Å². The van der Waals surface area contributed by atoms with Crippen LogP contribution in [0.25, 0.3) is 21.5 Å². The normalized spacial score (nSPS) is 11.4. The van der Waals surface area contributed by atoms with Gasteiger partial charge in [0.15, 0.2) is 24.8 Å². The topological polar surface area (TPSA) is 7.76 Å². The molecule has 172 valence electrons. The molecule has 0 aliphatic heterocycles. The van der Waals surface area contributed by atoms with Crippen LogP contribution in [0.15, 0.2) is 85.5 Å². The van der Waals surface area contributed by atoms with Gasteiger partial charge in [0.25, 0.3) is 0 Å². The monoisotopic (exact) mass is 440 g/mol. The van der Waals surface area contributed by atoms with Gasteiger partial charge >= 0.3 is 0 Å². The third-order valence-electron chi connectivity index (χ3n) is 6.83. The standard InChI is InChI=1S/C31H40N2/c1(2-4-6-8-14-22-32-24-20-28-16-10-12-18-30(28)26-32)3-5-7-9-15-23-33-25-21-29-17-11-13-19-31(29)27-33/h10-13,16-21,24-27H,1-9,14-15,22-23H2/q+2. The zero-order chi connectivity index (χ0) is 22.6. The predicted molar refractivity (Wildman–Crippen MR) is 139 cm³/mol. The molecule has 0 N–H and O–H groups in total. The summed E-state index contributed by atoms with van der Waals surface area (Å²) >= 11 is 0. The predicted octanol–water partition coefficient (Wildman–Crippen LogP) is 7.56. The van der Waals surface area contributed by atoms with E-state index in [1.807, 2.05) is 0 Å². The van der Waals surface area contributed by atoms with Crippen LogP contribution >= 0.6 is 0 Å². The average Bonchev–Trinajstić information content (AvgIpc) is 2.86. The van der Waals surface area contributed by atoms with Gasteiger partial charge in [-0.2, -0.15) is 0 Å². The number of aryl methyl sites for hydroxylation is 2. The Balaban J connectivity index is 0.967. The summed E-state index contributed by atoms with van der Waals surface area (Å²) in [6.07, 6.45) is 24.1. The van der Waals surface area contributed by atoms with Crippen molar-refractivity contribution in [2.45, 2.75) is 83.7 Å². The molecule has 2 aromatic heterocycles. The van der Waals surface area contributed by atoms with E-state index < -0.39 is 0 Å². The lowest BCUT2D eigenvalue weighted by atomic mass is 10.1. The Labute approximate surface area is 199 Å². The fourth-order valence-corrected chi connectivity index (χ4v) is 4.81. The number of hydrogen-bond donors (Lipinski definition) is 0. The van der Waals surface area contributed by atoms with Crippen molar-refractivity contribution in [2.24, 2.45) is 0 Å². The summed E-state index contributed by atoms with van der Waals surface area (Å²) in [4.78, 5) is 0. The third kappa shape index (κ3) is 7.67. The molecule has 0 saturated heterocycles. The number of unbranched alkanes of at least 4 members (excludes halogenated alkanes) is 10. The van der Waals surface area contributed by atoms with E-state index >= 15 is 0 Å². The SMILES string of the molecule is c1ccc2c[n+](CCCCCCCCCCCCC[n+]3ccc4ccccc4c3)ccc2c1. The summed E-state index contributed by atoms with van der Waals surface area (Å²) < 4.78 is 4.70. The number of nitrogens with zero attached hydrogens (tertiary/aromatic N) is 2. The summed E-state index contributed by atoms with van der Waals surface area (Å²) in [5.41, 5.74) is 0. The molecule has 0 fully saturated rings. The molecule has 2 aromatic carbocycles. The molecule has 0 bridgehead atoms.